The number of nitrogens with zero attached hydrogens (tertiary/aromatic N) is 2. The Hall–Kier alpha value is -1.27. The number of benzene rings is 1. The van der Waals surface area contributed by atoms with Gasteiger partial charge in [-0.25, -0.2) is 13.8 Å². The second-order valence-electron chi connectivity index (χ2n) is 3.10. The van der Waals surface area contributed by atoms with Crippen molar-refractivity contribution < 1.29 is 8.78 Å². The minimum absolute atomic E-state index is 0.0396. The molecule has 0 fully saturated rings. The van der Waals surface area contributed by atoms with Crippen molar-refractivity contribution in [2.24, 2.45) is 0 Å². The Balaban J connectivity index is 2.33. The third-order valence-corrected chi connectivity index (χ3v) is 2.67. The van der Waals surface area contributed by atoms with Crippen LogP contribution in [0.15, 0.2) is 29.0 Å². The van der Waals surface area contributed by atoms with Crippen molar-refractivity contribution >= 4 is 39.0 Å². The lowest BCUT2D eigenvalue weighted by molar-refractivity contribution is 0.597. The normalized spacial score (nSPS) is 10.4. The molecule has 0 aliphatic rings. The summed E-state index contributed by atoms with van der Waals surface area (Å²) >= 11 is 8.50. The molecule has 7 heteroatoms. The van der Waals surface area contributed by atoms with Crippen molar-refractivity contribution in [3.63, 3.8) is 0 Å². The Bertz CT molecular complexity index is 565. The Labute approximate surface area is 109 Å². The summed E-state index contributed by atoms with van der Waals surface area (Å²) in [7, 11) is 0. The van der Waals surface area contributed by atoms with Gasteiger partial charge >= 0.3 is 0 Å². The quantitative estimate of drug-likeness (QED) is 0.852. The van der Waals surface area contributed by atoms with E-state index in [4.69, 9.17) is 11.6 Å². The summed E-state index contributed by atoms with van der Waals surface area (Å²) in [4.78, 5) is 7.62. The van der Waals surface area contributed by atoms with E-state index in [2.05, 4.69) is 31.2 Å². The average Bonchev–Trinajstić information content (AvgIpc) is 2.26. The van der Waals surface area contributed by atoms with Gasteiger partial charge in [0.25, 0.3) is 0 Å². The molecule has 1 aromatic carbocycles. The van der Waals surface area contributed by atoms with Crippen molar-refractivity contribution in [1.29, 1.82) is 0 Å². The average molecular weight is 321 g/mol. The van der Waals surface area contributed by atoms with Gasteiger partial charge in [-0.05, 0) is 22.0 Å². The van der Waals surface area contributed by atoms with Gasteiger partial charge in [0.05, 0.1) is 22.6 Å². The zero-order valence-electron chi connectivity index (χ0n) is 8.22. The predicted octanol–water partition coefficient (Wildman–Crippen LogP) is 3.91. The molecule has 0 unspecified atom stereocenters. The summed E-state index contributed by atoms with van der Waals surface area (Å²) in [5.41, 5.74) is -0.0396. The maximum Gasteiger partial charge on any atom is 0.150 e. The van der Waals surface area contributed by atoms with Crippen LogP contribution in [0, 0.1) is 11.6 Å². The molecule has 1 heterocycles. The molecule has 0 saturated heterocycles. The molecule has 2 rings (SSSR count). The van der Waals surface area contributed by atoms with Gasteiger partial charge in [-0.15, -0.1) is 0 Å². The van der Waals surface area contributed by atoms with E-state index >= 15 is 0 Å². The van der Waals surface area contributed by atoms with Crippen molar-refractivity contribution in [3.8, 4) is 0 Å². The van der Waals surface area contributed by atoms with Crippen LogP contribution in [0.3, 0.4) is 0 Å². The fraction of sp³-hybridized carbons (Fsp3) is 0. The molecule has 0 saturated carbocycles. The molecule has 17 heavy (non-hydrogen) atoms. The van der Waals surface area contributed by atoms with Crippen LogP contribution in [0.25, 0.3) is 0 Å². The fourth-order valence-electron chi connectivity index (χ4n) is 1.16. The van der Waals surface area contributed by atoms with Crippen LogP contribution < -0.4 is 5.32 Å². The molecule has 2 aromatic rings. The number of hydrogen-bond donors (Lipinski definition) is 1. The van der Waals surface area contributed by atoms with Gasteiger partial charge in [0.15, 0.2) is 5.82 Å². The van der Waals surface area contributed by atoms with E-state index in [1.54, 1.807) is 0 Å². The van der Waals surface area contributed by atoms with Gasteiger partial charge in [0.2, 0.25) is 0 Å². The highest BCUT2D eigenvalue weighted by molar-refractivity contribution is 9.10. The van der Waals surface area contributed by atoms with E-state index in [1.165, 1.54) is 12.4 Å². The lowest BCUT2D eigenvalue weighted by atomic mass is 10.3. The number of hydrogen-bond acceptors (Lipinski definition) is 3. The van der Waals surface area contributed by atoms with Gasteiger partial charge in [-0.3, -0.25) is 4.98 Å². The highest BCUT2D eigenvalue weighted by Gasteiger charge is 2.09. The molecule has 1 N–H and O–H groups in total. The van der Waals surface area contributed by atoms with Gasteiger partial charge in [-0.2, -0.15) is 0 Å². The summed E-state index contributed by atoms with van der Waals surface area (Å²) in [6.07, 6.45) is 2.69. The summed E-state index contributed by atoms with van der Waals surface area (Å²) in [6, 6.07) is 2.04. The number of anilines is 2. The van der Waals surface area contributed by atoms with Crippen LogP contribution in [0.5, 0.6) is 0 Å². The SMILES string of the molecule is Fc1cc(Nc2cncc(Cl)n2)c(F)cc1Br. The number of nitrogens with one attached hydrogen (secondary N) is 1. The van der Waals surface area contributed by atoms with Crippen LogP contribution in [-0.4, -0.2) is 9.97 Å². The second-order valence-corrected chi connectivity index (χ2v) is 4.34. The number of halogens is 4. The van der Waals surface area contributed by atoms with Crippen LogP contribution in [0.2, 0.25) is 5.15 Å². The first-order valence-corrected chi connectivity index (χ1v) is 5.62. The molecule has 3 nitrogen and oxygen atoms in total. The molecule has 0 aliphatic heterocycles. The van der Waals surface area contributed by atoms with Crippen molar-refractivity contribution in [1.82, 2.24) is 9.97 Å². The zero-order chi connectivity index (χ0) is 12.4. The van der Waals surface area contributed by atoms with E-state index < -0.39 is 11.6 Å². The van der Waals surface area contributed by atoms with E-state index in [0.29, 0.717) is 0 Å². The Morgan fingerprint density at radius 1 is 1.18 bits per heavy atom. The maximum absolute atomic E-state index is 13.5. The van der Waals surface area contributed by atoms with Crippen molar-refractivity contribution in [3.05, 3.63) is 45.8 Å². The molecule has 88 valence electrons. The Morgan fingerprint density at radius 3 is 2.65 bits per heavy atom. The lowest BCUT2D eigenvalue weighted by Crippen LogP contribution is -1.98. The third-order valence-electron chi connectivity index (χ3n) is 1.88. The standard InChI is InChI=1S/C10H5BrClF2N3/c11-5-1-7(14)8(2-6(5)13)16-10-4-15-3-9(12)17-10/h1-4H,(H,16,17). The van der Waals surface area contributed by atoms with Gasteiger partial charge in [0.1, 0.15) is 16.8 Å². The summed E-state index contributed by atoms with van der Waals surface area (Å²) in [5, 5.41) is 2.75. The molecule has 0 spiro atoms. The molecule has 0 bridgehead atoms. The van der Waals surface area contributed by atoms with Gasteiger partial charge < -0.3 is 5.32 Å². The summed E-state index contributed by atoms with van der Waals surface area (Å²) < 4.78 is 26.8. The second kappa shape index (κ2) is 4.93. The first-order valence-electron chi connectivity index (χ1n) is 4.45. The molecule has 0 amide bonds. The third kappa shape index (κ3) is 2.89. The van der Waals surface area contributed by atoms with Crippen LogP contribution in [0.4, 0.5) is 20.3 Å². The van der Waals surface area contributed by atoms with Crippen molar-refractivity contribution in [2.75, 3.05) is 5.32 Å². The van der Waals surface area contributed by atoms with Gasteiger partial charge in [0, 0.05) is 6.07 Å². The molecular formula is C10H5BrClF2N3. The van der Waals surface area contributed by atoms with Crippen LogP contribution >= 0.6 is 27.5 Å². The molecule has 0 atom stereocenters. The molecular weight excluding hydrogens is 315 g/mol. The lowest BCUT2D eigenvalue weighted by Gasteiger charge is -2.07. The van der Waals surface area contributed by atoms with Gasteiger partial charge in [-0.1, -0.05) is 11.6 Å². The molecule has 0 aliphatic carbocycles. The zero-order valence-corrected chi connectivity index (χ0v) is 10.6. The highest BCUT2D eigenvalue weighted by atomic mass is 79.9. The van der Waals surface area contributed by atoms with E-state index in [-0.39, 0.29) is 21.1 Å². The highest BCUT2D eigenvalue weighted by Crippen LogP contribution is 2.25. The molecule has 0 radical (unpaired) electrons. The first-order chi connectivity index (χ1) is 8.06. The minimum Gasteiger partial charge on any atom is -0.336 e. The minimum atomic E-state index is -0.611. The summed E-state index contributed by atoms with van der Waals surface area (Å²) in [5.74, 6) is -0.956. The smallest absolute Gasteiger partial charge is 0.150 e. The first kappa shape index (κ1) is 12.2. The van der Waals surface area contributed by atoms with E-state index in [0.717, 1.165) is 12.1 Å². The molecule has 1 aromatic heterocycles. The summed E-state index contributed by atoms with van der Waals surface area (Å²) in [6.45, 7) is 0. The monoisotopic (exact) mass is 319 g/mol. The fourth-order valence-corrected chi connectivity index (χ4v) is 1.62. The number of rotatable bonds is 2. The van der Waals surface area contributed by atoms with Crippen LogP contribution in [0.1, 0.15) is 0 Å². The Morgan fingerprint density at radius 2 is 1.94 bits per heavy atom. The maximum atomic E-state index is 13.5. The van der Waals surface area contributed by atoms with Crippen molar-refractivity contribution in [2.45, 2.75) is 0 Å². The number of aromatic nitrogens is 2. The Kier molecular flexibility index (Phi) is 3.54. The van der Waals surface area contributed by atoms with E-state index in [9.17, 15) is 8.78 Å². The largest absolute Gasteiger partial charge is 0.336 e. The predicted molar refractivity (Wildman–Crippen MR) is 64.4 cm³/mol. The van der Waals surface area contributed by atoms with E-state index in [1.807, 2.05) is 0 Å². The topological polar surface area (TPSA) is 37.8 Å². The van der Waals surface area contributed by atoms with Crippen LogP contribution in [-0.2, 0) is 0 Å².